The number of imidazole rings is 1. The van der Waals surface area contributed by atoms with E-state index in [1.165, 1.54) is 5.69 Å². The molecule has 2 rings (SSSR count). The van der Waals surface area contributed by atoms with Crippen molar-refractivity contribution >= 4 is 0 Å². The third kappa shape index (κ3) is 5.02. The molecule has 5 nitrogen and oxygen atoms in total. The van der Waals surface area contributed by atoms with Crippen molar-refractivity contribution in [2.24, 2.45) is 0 Å². The number of hydrogen-bond donors (Lipinski definition) is 0. The predicted octanol–water partition coefficient (Wildman–Crippen LogP) is 2.45. The number of aryl methyl sites for hydroxylation is 1. The fraction of sp³-hybridized carbons (Fsp3) is 0.562. The van der Waals surface area contributed by atoms with Gasteiger partial charge >= 0.3 is 0 Å². The second-order valence-corrected chi connectivity index (χ2v) is 5.62. The Hall–Kier alpha value is -1.59. The van der Waals surface area contributed by atoms with Gasteiger partial charge in [0.05, 0.1) is 24.8 Å². The Kier molecular flexibility index (Phi) is 6.02. The van der Waals surface area contributed by atoms with Crippen LogP contribution in [0.4, 0.5) is 0 Å². The molecular formula is C16H26N4O. The molecule has 2 aromatic rings. The second-order valence-electron chi connectivity index (χ2n) is 5.62. The largest absolute Gasteiger partial charge is 0.468 e. The van der Waals surface area contributed by atoms with Crippen molar-refractivity contribution in [2.75, 3.05) is 27.2 Å². The zero-order valence-electron chi connectivity index (χ0n) is 13.3. The molecule has 0 aliphatic heterocycles. The molecular weight excluding hydrogens is 264 g/mol. The van der Waals surface area contributed by atoms with E-state index < -0.39 is 0 Å². The first-order chi connectivity index (χ1) is 10.2. The van der Waals surface area contributed by atoms with Crippen LogP contribution in [0.15, 0.2) is 35.3 Å². The van der Waals surface area contributed by atoms with E-state index in [-0.39, 0.29) is 0 Å². The summed E-state index contributed by atoms with van der Waals surface area (Å²) in [7, 11) is 4.23. The van der Waals surface area contributed by atoms with E-state index >= 15 is 0 Å². The van der Waals surface area contributed by atoms with Crippen LogP contribution in [0, 0.1) is 0 Å². The van der Waals surface area contributed by atoms with Crippen molar-refractivity contribution < 1.29 is 4.42 Å². The minimum absolute atomic E-state index is 0.843. The van der Waals surface area contributed by atoms with Crippen molar-refractivity contribution in [1.82, 2.24) is 19.4 Å². The van der Waals surface area contributed by atoms with Gasteiger partial charge in [0.15, 0.2) is 0 Å². The van der Waals surface area contributed by atoms with Crippen LogP contribution in [0.2, 0.25) is 0 Å². The molecule has 5 heteroatoms. The molecule has 0 radical (unpaired) electrons. The fourth-order valence-electron chi connectivity index (χ4n) is 2.44. The van der Waals surface area contributed by atoms with E-state index in [1.807, 2.05) is 24.7 Å². The summed E-state index contributed by atoms with van der Waals surface area (Å²) < 4.78 is 7.69. The van der Waals surface area contributed by atoms with Crippen molar-refractivity contribution in [3.05, 3.63) is 42.4 Å². The third-order valence-corrected chi connectivity index (χ3v) is 3.56. The molecule has 0 atom stereocenters. The quantitative estimate of drug-likeness (QED) is 0.711. The average molecular weight is 290 g/mol. The summed E-state index contributed by atoms with van der Waals surface area (Å²) in [4.78, 5) is 8.90. The second kappa shape index (κ2) is 8.00. The highest BCUT2D eigenvalue weighted by Crippen LogP contribution is 2.11. The first-order valence-corrected chi connectivity index (χ1v) is 7.57. The number of hydrogen-bond acceptors (Lipinski definition) is 4. The number of aromatic nitrogens is 2. The maximum absolute atomic E-state index is 5.49. The maximum Gasteiger partial charge on any atom is 0.117 e. The van der Waals surface area contributed by atoms with Gasteiger partial charge in [-0.1, -0.05) is 0 Å². The Balaban J connectivity index is 1.97. The highest BCUT2D eigenvalue weighted by atomic mass is 16.3. The molecule has 0 spiro atoms. The SMILES string of the molecule is CCn1cncc1CN(CCCN(C)C)Cc1ccco1. The van der Waals surface area contributed by atoms with Crippen LogP contribution in [0.25, 0.3) is 0 Å². The topological polar surface area (TPSA) is 37.4 Å². The Morgan fingerprint density at radius 3 is 2.76 bits per heavy atom. The Labute approximate surface area is 127 Å². The third-order valence-electron chi connectivity index (χ3n) is 3.56. The van der Waals surface area contributed by atoms with Crippen molar-refractivity contribution in [3.63, 3.8) is 0 Å². The van der Waals surface area contributed by atoms with E-state index in [1.54, 1.807) is 6.26 Å². The molecule has 2 heterocycles. The summed E-state index contributed by atoms with van der Waals surface area (Å²) in [5.74, 6) is 1.02. The summed E-state index contributed by atoms with van der Waals surface area (Å²) >= 11 is 0. The van der Waals surface area contributed by atoms with Gasteiger partial charge in [-0.3, -0.25) is 4.90 Å². The summed E-state index contributed by atoms with van der Waals surface area (Å²) in [6.45, 7) is 7.00. The van der Waals surface area contributed by atoms with Crippen LogP contribution in [0.5, 0.6) is 0 Å². The normalized spacial score (nSPS) is 11.7. The molecule has 0 amide bonds. The molecule has 0 unspecified atom stereocenters. The Morgan fingerprint density at radius 2 is 2.10 bits per heavy atom. The number of nitrogens with zero attached hydrogens (tertiary/aromatic N) is 4. The van der Waals surface area contributed by atoms with Gasteiger partial charge in [-0.15, -0.1) is 0 Å². The lowest BCUT2D eigenvalue weighted by Gasteiger charge is -2.22. The van der Waals surface area contributed by atoms with Gasteiger partial charge in [0.2, 0.25) is 0 Å². The molecule has 21 heavy (non-hydrogen) atoms. The van der Waals surface area contributed by atoms with Gasteiger partial charge in [0.1, 0.15) is 5.76 Å². The maximum atomic E-state index is 5.49. The average Bonchev–Trinajstić information content (AvgIpc) is 3.09. The lowest BCUT2D eigenvalue weighted by Crippen LogP contribution is -2.27. The zero-order valence-corrected chi connectivity index (χ0v) is 13.3. The summed E-state index contributed by atoms with van der Waals surface area (Å²) in [6.07, 6.45) is 6.75. The predicted molar refractivity (Wildman–Crippen MR) is 83.9 cm³/mol. The Morgan fingerprint density at radius 1 is 1.24 bits per heavy atom. The summed E-state index contributed by atoms with van der Waals surface area (Å²) in [6, 6.07) is 3.99. The molecule has 0 aliphatic carbocycles. The van der Waals surface area contributed by atoms with Gasteiger partial charge in [-0.2, -0.15) is 0 Å². The van der Waals surface area contributed by atoms with E-state index in [0.717, 1.165) is 44.9 Å². The minimum Gasteiger partial charge on any atom is -0.468 e. The van der Waals surface area contributed by atoms with Crippen LogP contribution >= 0.6 is 0 Å². The molecule has 0 aromatic carbocycles. The molecule has 0 bridgehead atoms. The smallest absolute Gasteiger partial charge is 0.117 e. The van der Waals surface area contributed by atoms with E-state index in [0.29, 0.717) is 0 Å². The number of furan rings is 1. The molecule has 116 valence electrons. The molecule has 0 saturated carbocycles. The standard InChI is InChI=1S/C16H26N4O/c1-4-20-14-17-11-15(20)12-19(9-6-8-18(2)3)13-16-7-5-10-21-16/h5,7,10-11,14H,4,6,8-9,12-13H2,1-3H3. The van der Waals surface area contributed by atoms with Gasteiger partial charge in [-0.05, 0) is 46.1 Å². The lowest BCUT2D eigenvalue weighted by atomic mass is 10.3. The van der Waals surface area contributed by atoms with Crippen molar-refractivity contribution in [2.45, 2.75) is 33.0 Å². The first-order valence-electron chi connectivity index (χ1n) is 7.57. The van der Waals surface area contributed by atoms with Crippen LogP contribution in [0.1, 0.15) is 24.8 Å². The zero-order chi connectivity index (χ0) is 15.1. The van der Waals surface area contributed by atoms with Gasteiger partial charge < -0.3 is 13.9 Å². The summed E-state index contributed by atoms with van der Waals surface area (Å²) in [5.41, 5.74) is 1.26. The van der Waals surface area contributed by atoms with E-state index in [2.05, 4.69) is 40.4 Å². The van der Waals surface area contributed by atoms with Gasteiger partial charge in [0.25, 0.3) is 0 Å². The molecule has 2 aromatic heterocycles. The number of rotatable bonds is 9. The van der Waals surface area contributed by atoms with E-state index in [9.17, 15) is 0 Å². The van der Waals surface area contributed by atoms with Crippen LogP contribution in [-0.4, -0.2) is 46.5 Å². The highest BCUT2D eigenvalue weighted by molar-refractivity contribution is 5.01. The van der Waals surface area contributed by atoms with Crippen LogP contribution < -0.4 is 0 Å². The van der Waals surface area contributed by atoms with Crippen LogP contribution in [-0.2, 0) is 19.6 Å². The summed E-state index contributed by atoms with van der Waals surface area (Å²) in [5, 5.41) is 0. The van der Waals surface area contributed by atoms with E-state index in [4.69, 9.17) is 4.42 Å². The molecule has 0 N–H and O–H groups in total. The molecule has 0 aliphatic rings. The van der Waals surface area contributed by atoms with Gasteiger partial charge in [0, 0.05) is 25.8 Å². The van der Waals surface area contributed by atoms with Gasteiger partial charge in [-0.25, -0.2) is 4.98 Å². The first kappa shape index (κ1) is 15.8. The highest BCUT2D eigenvalue weighted by Gasteiger charge is 2.11. The van der Waals surface area contributed by atoms with Crippen molar-refractivity contribution in [1.29, 1.82) is 0 Å². The fourth-order valence-corrected chi connectivity index (χ4v) is 2.44. The monoisotopic (exact) mass is 290 g/mol. The lowest BCUT2D eigenvalue weighted by molar-refractivity contribution is 0.217. The molecule has 0 saturated heterocycles. The molecule has 0 fully saturated rings. The minimum atomic E-state index is 0.843. The van der Waals surface area contributed by atoms with Crippen molar-refractivity contribution in [3.8, 4) is 0 Å². The Bertz CT molecular complexity index is 504. The van der Waals surface area contributed by atoms with Crippen LogP contribution in [0.3, 0.4) is 0 Å².